The summed E-state index contributed by atoms with van der Waals surface area (Å²) in [5.41, 5.74) is 0. The van der Waals surface area contributed by atoms with Crippen molar-refractivity contribution in [3.05, 3.63) is 11.7 Å². The van der Waals surface area contributed by atoms with Crippen molar-refractivity contribution in [3.8, 4) is 0 Å². The predicted molar refractivity (Wildman–Crippen MR) is 87.5 cm³/mol. The maximum absolute atomic E-state index is 12.4. The van der Waals surface area contributed by atoms with E-state index in [9.17, 15) is 13.2 Å². The molecule has 1 fully saturated rings. The number of aliphatic imine (C=N–C) groups is 1. The van der Waals surface area contributed by atoms with Crippen LogP contribution >= 0.6 is 0 Å². The van der Waals surface area contributed by atoms with E-state index in [4.69, 9.17) is 4.52 Å². The minimum atomic E-state index is -4.16. The minimum Gasteiger partial charge on any atom is -0.356 e. The van der Waals surface area contributed by atoms with Crippen molar-refractivity contribution in [1.29, 1.82) is 0 Å². The Balaban J connectivity index is 1.72. The fourth-order valence-electron chi connectivity index (χ4n) is 2.63. The van der Waals surface area contributed by atoms with Gasteiger partial charge in [0.05, 0.1) is 6.54 Å². The molecule has 2 rings (SSSR count). The molecule has 1 aromatic heterocycles. The SMILES string of the molecule is CN=C(NCCc1nc(C(C)C)no1)NC1CCN(CC(F)(F)F)C1. The Labute approximate surface area is 145 Å². The summed E-state index contributed by atoms with van der Waals surface area (Å²) < 4.78 is 42.4. The molecule has 1 saturated heterocycles. The van der Waals surface area contributed by atoms with Crippen LogP contribution in [0.3, 0.4) is 0 Å². The van der Waals surface area contributed by atoms with E-state index in [1.165, 1.54) is 4.90 Å². The molecule has 0 bridgehead atoms. The summed E-state index contributed by atoms with van der Waals surface area (Å²) in [7, 11) is 1.63. The highest BCUT2D eigenvalue weighted by molar-refractivity contribution is 5.80. The highest BCUT2D eigenvalue weighted by Crippen LogP contribution is 2.19. The van der Waals surface area contributed by atoms with Gasteiger partial charge in [-0.2, -0.15) is 18.2 Å². The number of likely N-dealkylation sites (tertiary alicyclic amines) is 1. The van der Waals surface area contributed by atoms with E-state index < -0.39 is 12.7 Å². The molecule has 0 aliphatic carbocycles. The summed E-state index contributed by atoms with van der Waals surface area (Å²) in [4.78, 5) is 9.79. The van der Waals surface area contributed by atoms with Gasteiger partial charge in [0, 0.05) is 45.1 Å². The Morgan fingerprint density at radius 1 is 1.44 bits per heavy atom. The van der Waals surface area contributed by atoms with Crippen LogP contribution < -0.4 is 10.6 Å². The maximum Gasteiger partial charge on any atom is 0.401 e. The van der Waals surface area contributed by atoms with Crippen molar-refractivity contribution in [2.24, 2.45) is 4.99 Å². The fourth-order valence-corrected chi connectivity index (χ4v) is 2.63. The molecule has 1 unspecified atom stereocenters. The van der Waals surface area contributed by atoms with Crippen molar-refractivity contribution in [1.82, 2.24) is 25.7 Å². The quantitative estimate of drug-likeness (QED) is 0.590. The van der Waals surface area contributed by atoms with Crippen LogP contribution in [0.15, 0.2) is 9.52 Å². The van der Waals surface area contributed by atoms with E-state index in [0.717, 1.165) is 0 Å². The van der Waals surface area contributed by atoms with Crippen LogP contribution in [0.1, 0.15) is 37.9 Å². The van der Waals surface area contributed by atoms with E-state index >= 15 is 0 Å². The number of hydrogen-bond acceptors (Lipinski definition) is 5. The van der Waals surface area contributed by atoms with Crippen molar-refractivity contribution < 1.29 is 17.7 Å². The second kappa shape index (κ2) is 8.50. The molecule has 0 saturated carbocycles. The summed E-state index contributed by atoms with van der Waals surface area (Å²) >= 11 is 0. The summed E-state index contributed by atoms with van der Waals surface area (Å²) in [6.07, 6.45) is -2.96. The van der Waals surface area contributed by atoms with Gasteiger partial charge < -0.3 is 15.2 Å². The first kappa shape index (κ1) is 19.5. The number of nitrogens with one attached hydrogen (secondary N) is 2. The lowest BCUT2D eigenvalue weighted by atomic mass is 10.2. The van der Waals surface area contributed by atoms with Crippen LogP contribution in [0.2, 0.25) is 0 Å². The second-order valence-electron chi connectivity index (χ2n) is 6.43. The molecular formula is C15H25F3N6O. The Morgan fingerprint density at radius 3 is 2.80 bits per heavy atom. The molecular weight excluding hydrogens is 337 g/mol. The predicted octanol–water partition coefficient (Wildman–Crippen LogP) is 1.54. The fraction of sp³-hybridized carbons (Fsp3) is 0.800. The highest BCUT2D eigenvalue weighted by atomic mass is 19.4. The second-order valence-corrected chi connectivity index (χ2v) is 6.43. The third-order valence-corrected chi connectivity index (χ3v) is 3.87. The van der Waals surface area contributed by atoms with Crippen LogP contribution in [0.25, 0.3) is 0 Å². The van der Waals surface area contributed by atoms with Crippen LogP contribution in [-0.2, 0) is 6.42 Å². The smallest absolute Gasteiger partial charge is 0.356 e. The van der Waals surface area contributed by atoms with Gasteiger partial charge in [-0.25, -0.2) is 0 Å². The van der Waals surface area contributed by atoms with Gasteiger partial charge in [0.2, 0.25) is 5.89 Å². The topological polar surface area (TPSA) is 78.6 Å². The van der Waals surface area contributed by atoms with Crippen LogP contribution in [0.5, 0.6) is 0 Å². The maximum atomic E-state index is 12.4. The van der Waals surface area contributed by atoms with Crippen molar-refractivity contribution in [2.75, 3.05) is 33.2 Å². The molecule has 0 amide bonds. The van der Waals surface area contributed by atoms with E-state index in [2.05, 4.69) is 25.8 Å². The zero-order valence-corrected chi connectivity index (χ0v) is 14.7. The standard InChI is InChI=1S/C15H25F3N6O/c1-10(2)13-22-12(25-23-13)4-6-20-14(19-3)21-11-5-7-24(8-11)9-15(16,17)18/h10-11H,4-9H2,1-3H3,(H2,19,20,21). The minimum absolute atomic E-state index is 0.0514. The van der Waals surface area contributed by atoms with Gasteiger partial charge in [-0.3, -0.25) is 9.89 Å². The lowest BCUT2D eigenvalue weighted by Gasteiger charge is -2.19. The molecule has 0 radical (unpaired) electrons. The first-order valence-electron chi connectivity index (χ1n) is 8.35. The largest absolute Gasteiger partial charge is 0.401 e. The van der Waals surface area contributed by atoms with Crippen LogP contribution in [0, 0.1) is 0 Å². The number of hydrogen-bond donors (Lipinski definition) is 2. The molecule has 7 nitrogen and oxygen atoms in total. The molecule has 1 atom stereocenters. The summed E-state index contributed by atoms with van der Waals surface area (Å²) in [5.74, 6) is 1.99. The number of rotatable bonds is 6. The van der Waals surface area contributed by atoms with Crippen molar-refractivity contribution in [3.63, 3.8) is 0 Å². The molecule has 1 aliphatic rings. The lowest BCUT2D eigenvalue weighted by Crippen LogP contribution is -2.45. The van der Waals surface area contributed by atoms with Crippen molar-refractivity contribution >= 4 is 5.96 Å². The Morgan fingerprint density at radius 2 is 2.20 bits per heavy atom. The molecule has 1 aliphatic heterocycles. The van der Waals surface area contributed by atoms with E-state index in [0.29, 0.717) is 50.2 Å². The van der Waals surface area contributed by atoms with Gasteiger partial charge in [0.15, 0.2) is 11.8 Å². The highest BCUT2D eigenvalue weighted by Gasteiger charge is 2.34. The van der Waals surface area contributed by atoms with Gasteiger partial charge >= 0.3 is 6.18 Å². The van der Waals surface area contributed by atoms with Gasteiger partial charge in [0.1, 0.15) is 0 Å². The number of aromatic nitrogens is 2. The van der Waals surface area contributed by atoms with Crippen molar-refractivity contribution in [2.45, 2.75) is 44.8 Å². The Hall–Kier alpha value is -1.84. The van der Waals surface area contributed by atoms with Gasteiger partial charge in [-0.05, 0) is 6.42 Å². The van der Waals surface area contributed by atoms with E-state index in [1.807, 2.05) is 13.8 Å². The van der Waals surface area contributed by atoms with Gasteiger partial charge in [-0.1, -0.05) is 19.0 Å². The molecule has 1 aromatic rings. The van der Waals surface area contributed by atoms with Crippen LogP contribution in [-0.4, -0.2) is 66.4 Å². The molecule has 2 heterocycles. The van der Waals surface area contributed by atoms with Gasteiger partial charge in [-0.15, -0.1) is 0 Å². The van der Waals surface area contributed by atoms with E-state index in [1.54, 1.807) is 7.05 Å². The number of alkyl halides is 3. The zero-order chi connectivity index (χ0) is 18.4. The first-order chi connectivity index (χ1) is 11.8. The van der Waals surface area contributed by atoms with Crippen LogP contribution in [0.4, 0.5) is 13.2 Å². The Bertz CT molecular complexity index is 572. The summed E-state index contributed by atoms with van der Waals surface area (Å²) in [6, 6.07) is -0.0514. The number of halogens is 3. The number of nitrogens with zero attached hydrogens (tertiary/aromatic N) is 4. The summed E-state index contributed by atoms with van der Waals surface area (Å²) in [6.45, 7) is 4.42. The Kier molecular flexibility index (Phi) is 6.63. The molecule has 0 aromatic carbocycles. The molecule has 25 heavy (non-hydrogen) atoms. The van der Waals surface area contributed by atoms with Gasteiger partial charge in [0.25, 0.3) is 0 Å². The monoisotopic (exact) mass is 362 g/mol. The number of guanidine groups is 1. The molecule has 10 heteroatoms. The first-order valence-corrected chi connectivity index (χ1v) is 8.35. The average Bonchev–Trinajstić information content (AvgIpc) is 3.14. The average molecular weight is 362 g/mol. The third kappa shape index (κ3) is 6.52. The molecule has 0 spiro atoms. The third-order valence-electron chi connectivity index (χ3n) is 3.87. The zero-order valence-electron chi connectivity index (χ0n) is 14.7. The molecule has 142 valence electrons. The molecule has 2 N–H and O–H groups in total. The van der Waals surface area contributed by atoms with E-state index in [-0.39, 0.29) is 12.0 Å². The lowest BCUT2D eigenvalue weighted by molar-refractivity contribution is -0.143. The normalized spacial score (nSPS) is 19.6. The summed E-state index contributed by atoms with van der Waals surface area (Å²) in [5, 5.41) is 10.2.